The van der Waals surface area contributed by atoms with E-state index in [-0.39, 0.29) is 6.54 Å². The number of benzene rings is 1. The Morgan fingerprint density at radius 2 is 2.22 bits per heavy atom. The van der Waals surface area contributed by atoms with Gasteiger partial charge in [-0.25, -0.2) is 9.97 Å². The molecule has 1 aromatic carbocycles. The Hall–Kier alpha value is -2.43. The lowest BCUT2D eigenvalue weighted by Gasteiger charge is -2.05. The van der Waals surface area contributed by atoms with E-state index in [1.165, 1.54) is 0 Å². The van der Waals surface area contributed by atoms with Crippen molar-refractivity contribution < 1.29 is 9.90 Å². The fraction of sp³-hybridized carbons (Fsp3) is 0.154. The van der Waals surface area contributed by atoms with E-state index < -0.39 is 5.97 Å². The third kappa shape index (κ3) is 3.04. The van der Waals surface area contributed by atoms with Crippen LogP contribution in [0, 0.1) is 6.92 Å². The number of carboxylic acid groups (broad SMARTS) is 1. The zero-order valence-electron chi connectivity index (χ0n) is 9.92. The van der Waals surface area contributed by atoms with Gasteiger partial charge in [0.05, 0.1) is 0 Å². The quantitative estimate of drug-likeness (QED) is 0.858. The van der Waals surface area contributed by atoms with Gasteiger partial charge in [-0.15, -0.1) is 0 Å². The molecule has 2 N–H and O–H groups in total. The highest BCUT2D eigenvalue weighted by molar-refractivity contribution is 5.72. The van der Waals surface area contributed by atoms with Crippen LogP contribution in [0.5, 0.6) is 0 Å². The van der Waals surface area contributed by atoms with Crippen molar-refractivity contribution in [1.82, 2.24) is 9.97 Å². The molecule has 0 saturated heterocycles. The number of aliphatic carboxylic acids is 1. The lowest BCUT2D eigenvalue weighted by atomic mass is 10.1. The first-order valence-electron chi connectivity index (χ1n) is 5.51. The molecular weight excluding hydrogens is 230 g/mol. The number of carbonyl (C=O) groups is 1. The van der Waals surface area contributed by atoms with Crippen LogP contribution in [-0.4, -0.2) is 27.6 Å². The molecule has 0 amide bonds. The molecule has 1 aromatic heterocycles. The fourth-order valence-corrected chi connectivity index (χ4v) is 1.55. The summed E-state index contributed by atoms with van der Waals surface area (Å²) in [5.74, 6) is 0.156. The Kier molecular flexibility index (Phi) is 3.52. The minimum Gasteiger partial charge on any atom is -0.480 e. The number of carboxylic acids is 1. The van der Waals surface area contributed by atoms with Crippen LogP contribution in [0.4, 0.5) is 5.82 Å². The maximum Gasteiger partial charge on any atom is 0.322 e. The summed E-state index contributed by atoms with van der Waals surface area (Å²) < 4.78 is 0. The Balaban J connectivity index is 2.24. The fourth-order valence-electron chi connectivity index (χ4n) is 1.55. The molecule has 92 valence electrons. The number of hydrogen-bond donors (Lipinski definition) is 2. The largest absolute Gasteiger partial charge is 0.480 e. The number of aryl methyl sites for hydroxylation is 1. The normalized spacial score (nSPS) is 10.1. The van der Waals surface area contributed by atoms with Crippen molar-refractivity contribution in [1.29, 1.82) is 0 Å². The van der Waals surface area contributed by atoms with E-state index in [4.69, 9.17) is 5.11 Å². The molecule has 0 radical (unpaired) electrons. The smallest absolute Gasteiger partial charge is 0.322 e. The summed E-state index contributed by atoms with van der Waals surface area (Å²) in [5, 5.41) is 11.3. The molecule has 0 aliphatic carbocycles. The van der Waals surface area contributed by atoms with Crippen molar-refractivity contribution in [3.63, 3.8) is 0 Å². The monoisotopic (exact) mass is 243 g/mol. The minimum atomic E-state index is -0.925. The lowest BCUT2D eigenvalue weighted by Crippen LogP contribution is -2.13. The van der Waals surface area contributed by atoms with E-state index in [2.05, 4.69) is 15.3 Å². The molecule has 0 unspecified atom stereocenters. The highest BCUT2D eigenvalue weighted by Crippen LogP contribution is 2.17. The van der Waals surface area contributed by atoms with Crippen molar-refractivity contribution in [2.24, 2.45) is 0 Å². The van der Waals surface area contributed by atoms with E-state index >= 15 is 0 Å². The van der Waals surface area contributed by atoms with Gasteiger partial charge in [0, 0.05) is 11.8 Å². The Bertz CT molecular complexity index is 570. The van der Waals surface area contributed by atoms with Crippen molar-refractivity contribution in [3.8, 4) is 11.4 Å². The second-order valence-corrected chi connectivity index (χ2v) is 3.88. The van der Waals surface area contributed by atoms with Gasteiger partial charge in [-0.2, -0.15) is 0 Å². The van der Waals surface area contributed by atoms with Crippen LogP contribution in [0.15, 0.2) is 36.5 Å². The second kappa shape index (κ2) is 5.27. The third-order valence-electron chi connectivity index (χ3n) is 2.35. The van der Waals surface area contributed by atoms with Gasteiger partial charge in [-0.3, -0.25) is 4.79 Å². The summed E-state index contributed by atoms with van der Waals surface area (Å²) in [6, 6.07) is 9.48. The zero-order valence-corrected chi connectivity index (χ0v) is 9.92. The summed E-state index contributed by atoms with van der Waals surface area (Å²) in [6.45, 7) is 1.83. The molecule has 0 aliphatic heterocycles. The van der Waals surface area contributed by atoms with Gasteiger partial charge >= 0.3 is 5.97 Å². The molecule has 0 fully saturated rings. The highest BCUT2D eigenvalue weighted by Gasteiger charge is 2.03. The predicted octanol–water partition coefficient (Wildman–Crippen LogP) is 1.95. The van der Waals surface area contributed by atoms with Crippen LogP contribution in [0.2, 0.25) is 0 Å². The maximum atomic E-state index is 10.5. The molecule has 5 heteroatoms. The van der Waals surface area contributed by atoms with Crippen LogP contribution in [0.1, 0.15) is 5.56 Å². The SMILES string of the molecule is Cc1cccc(-c2nccc(NCC(=O)O)n2)c1. The maximum absolute atomic E-state index is 10.5. The topological polar surface area (TPSA) is 75.1 Å². The van der Waals surface area contributed by atoms with E-state index in [0.29, 0.717) is 11.6 Å². The zero-order chi connectivity index (χ0) is 13.0. The van der Waals surface area contributed by atoms with E-state index in [1.54, 1.807) is 12.3 Å². The number of nitrogens with zero attached hydrogens (tertiary/aromatic N) is 2. The predicted molar refractivity (Wildman–Crippen MR) is 68.3 cm³/mol. The van der Waals surface area contributed by atoms with Crippen LogP contribution in [-0.2, 0) is 4.79 Å². The summed E-state index contributed by atoms with van der Waals surface area (Å²) in [5.41, 5.74) is 2.04. The van der Waals surface area contributed by atoms with Crippen LogP contribution in [0.25, 0.3) is 11.4 Å². The molecular formula is C13H13N3O2. The van der Waals surface area contributed by atoms with Gasteiger partial charge in [0.1, 0.15) is 12.4 Å². The molecule has 5 nitrogen and oxygen atoms in total. The van der Waals surface area contributed by atoms with Crippen molar-refractivity contribution >= 4 is 11.8 Å². The summed E-state index contributed by atoms with van der Waals surface area (Å²) >= 11 is 0. The van der Waals surface area contributed by atoms with Crippen LogP contribution >= 0.6 is 0 Å². The molecule has 0 atom stereocenters. The van der Waals surface area contributed by atoms with E-state index in [9.17, 15) is 4.79 Å². The molecule has 1 heterocycles. The van der Waals surface area contributed by atoms with Crippen LogP contribution < -0.4 is 5.32 Å². The van der Waals surface area contributed by atoms with E-state index in [1.807, 2.05) is 31.2 Å². The lowest BCUT2D eigenvalue weighted by molar-refractivity contribution is -0.134. The van der Waals surface area contributed by atoms with E-state index in [0.717, 1.165) is 11.1 Å². The van der Waals surface area contributed by atoms with Gasteiger partial charge in [0.25, 0.3) is 0 Å². The number of nitrogens with one attached hydrogen (secondary N) is 1. The van der Waals surface area contributed by atoms with Gasteiger partial charge in [0.2, 0.25) is 0 Å². The number of anilines is 1. The number of aromatic nitrogens is 2. The standard InChI is InChI=1S/C13H13N3O2/c1-9-3-2-4-10(7-9)13-14-6-5-11(16-13)15-8-12(17)18/h2-7H,8H2,1H3,(H,17,18)(H,14,15,16). The van der Waals surface area contributed by atoms with Gasteiger partial charge in [0.15, 0.2) is 5.82 Å². The number of rotatable bonds is 4. The first-order valence-corrected chi connectivity index (χ1v) is 5.51. The summed E-state index contributed by atoms with van der Waals surface area (Å²) in [6.07, 6.45) is 1.61. The van der Waals surface area contributed by atoms with Crippen molar-refractivity contribution in [3.05, 3.63) is 42.1 Å². The van der Waals surface area contributed by atoms with Crippen LogP contribution in [0.3, 0.4) is 0 Å². The van der Waals surface area contributed by atoms with Gasteiger partial charge in [-0.1, -0.05) is 23.8 Å². The highest BCUT2D eigenvalue weighted by atomic mass is 16.4. The van der Waals surface area contributed by atoms with Crippen molar-refractivity contribution in [2.75, 3.05) is 11.9 Å². The molecule has 18 heavy (non-hydrogen) atoms. The molecule has 2 rings (SSSR count). The second-order valence-electron chi connectivity index (χ2n) is 3.88. The third-order valence-corrected chi connectivity index (χ3v) is 2.35. The molecule has 0 bridgehead atoms. The van der Waals surface area contributed by atoms with Gasteiger partial charge < -0.3 is 10.4 Å². The Morgan fingerprint density at radius 1 is 1.39 bits per heavy atom. The molecule has 0 aliphatic rings. The molecule has 0 spiro atoms. The first kappa shape index (κ1) is 12.0. The Morgan fingerprint density at radius 3 is 2.94 bits per heavy atom. The minimum absolute atomic E-state index is 0.162. The molecule has 2 aromatic rings. The first-order chi connectivity index (χ1) is 8.65. The molecule has 0 saturated carbocycles. The van der Waals surface area contributed by atoms with Gasteiger partial charge in [-0.05, 0) is 19.1 Å². The average molecular weight is 243 g/mol. The number of hydrogen-bond acceptors (Lipinski definition) is 4. The summed E-state index contributed by atoms with van der Waals surface area (Å²) in [7, 11) is 0. The Labute approximate surface area is 105 Å². The average Bonchev–Trinajstić information content (AvgIpc) is 2.37. The summed E-state index contributed by atoms with van der Waals surface area (Å²) in [4.78, 5) is 18.9. The van der Waals surface area contributed by atoms with Crippen molar-refractivity contribution in [2.45, 2.75) is 6.92 Å².